The lowest BCUT2D eigenvalue weighted by Gasteiger charge is -2.13. The van der Waals surface area contributed by atoms with Gasteiger partial charge in [0.1, 0.15) is 11.5 Å². The Morgan fingerprint density at radius 2 is 1.72 bits per heavy atom. The van der Waals surface area contributed by atoms with Crippen molar-refractivity contribution >= 4 is 0 Å². The molecule has 1 N–H and O–H groups in total. The van der Waals surface area contributed by atoms with Crippen molar-refractivity contribution in [3.05, 3.63) is 83.6 Å². The molecule has 1 aromatic heterocycles. The minimum atomic E-state index is -4.36. The van der Waals surface area contributed by atoms with Crippen LogP contribution in [-0.4, -0.2) is 0 Å². The average molecular weight is 345 g/mol. The van der Waals surface area contributed by atoms with E-state index in [0.29, 0.717) is 23.6 Å². The Morgan fingerprint density at radius 3 is 2.44 bits per heavy atom. The Hall–Kier alpha value is -2.53. The van der Waals surface area contributed by atoms with Crippen molar-refractivity contribution in [1.82, 2.24) is 5.32 Å². The molecule has 0 fully saturated rings. The van der Waals surface area contributed by atoms with E-state index < -0.39 is 11.7 Å². The topological polar surface area (TPSA) is 25.2 Å². The van der Waals surface area contributed by atoms with Crippen molar-refractivity contribution < 1.29 is 17.6 Å². The molecule has 0 amide bonds. The summed E-state index contributed by atoms with van der Waals surface area (Å²) in [7, 11) is 0. The van der Waals surface area contributed by atoms with Crippen LogP contribution >= 0.6 is 0 Å². The van der Waals surface area contributed by atoms with Crippen LogP contribution in [0.1, 0.15) is 29.9 Å². The molecule has 0 radical (unpaired) electrons. The third kappa shape index (κ3) is 4.31. The highest BCUT2D eigenvalue weighted by atomic mass is 19.4. The number of nitrogens with one attached hydrogen (secondary N) is 1. The summed E-state index contributed by atoms with van der Waals surface area (Å²) in [6.45, 7) is 2.54. The fourth-order valence-corrected chi connectivity index (χ4v) is 2.59. The molecule has 1 heterocycles. The van der Waals surface area contributed by atoms with Crippen LogP contribution in [0.2, 0.25) is 0 Å². The zero-order valence-electron chi connectivity index (χ0n) is 13.7. The van der Waals surface area contributed by atoms with Crippen LogP contribution in [0.15, 0.2) is 71.1 Å². The standard InChI is InChI=1S/C20H18F3NO/c1-14(15-6-3-2-4-7-15)24-13-18-10-11-19(25-18)16-8-5-9-17(12-16)20(21,22)23/h2-12,14,24H,13H2,1H3/t14-/m1/s1. The molecular formula is C20H18F3NO. The molecule has 130 valence electrons. The summed E-state index contributed by atoms with van der Waals surface area (Å²) in [5.41, 5.74) is 0.892. The summed E-state index contributed by atoms with van der Waals surface area (Å²) in [6.07, 6.45) is -4.36. The lowest BCUT2D eigenvalue weighted by atomic mass is 10.1. The first-order chi connectivity index (χ1) is 11.9. The number of rotatable bonds is 5. The van der Waals surface area contributed by atoms with Gasteiger partial charge in [-0.1, -0.05) is 42.5 Å². The second-order valence-corrected chi connectivity index (χ2v) is 5.86. The van der Waals surface area contributed by atoms with Crippen LogP contribution in [0.4, 0.5) is 13.2 Å². The first-order valence-electron chi connectivity index (χ1n) is 7.98. The highest BCUT2D eigenvalue weighted by Crippen LogP contribution is 2.32. The van der Waals surface area contributed by atoms with Gasteiger partial charge in [0, 0.05) is 11.6 Å². The second-order valence-electron chi connectivity index (χ2n) is 5.86. The normalized spacial score (nSPS) is 13.0. The monoisotopic (exact) mass is 345 g/mol. The number of alkyl halides is 3. The number of hydrogen-bond donors (Lipinski definition) is 1. The third-order valence-electron chi connectivity index (χ3n) is 4.02. The largest absolute Gasteiger partial charge is 0.460 e. The molecule has 0 spiro atoms. The summed E-state index contributed by atoms with van der Waals surface area (Å²) < 4.78 is 44.2. The second kappa shape index (κ2) is 7.15. The molecule has 3 rings (SSSR count). The Labute approximate surface area is 144 Å². The van der Waals surface area contributed by atoms with Gasteiger partial charge in [0.05, 0.1) is 12.1 Å². The average Bonchev–Trinajstić information content (AvgIpc) is 3.09. The SMILES string of the molecule is C[C@@H](NCc1ccc(-c2cccc(C(F)(F)F)c2)o1)c1ccccc1. The van der Waals surface area contributed by atoms with Crippen molar-refractivity contribution in [2.75, 3.05) is 0 Å². The third-order valence-corrected chi connectivity index (χ3v) is 4.02. The van der Waals surface area contributed by atoms with Gasteiger partial charge in [-0.25, -0.2) is 0 Å². The lowest BCUT2D eigenvalue weighted by molar-refractivity contribution is -0.137. The molecule has 3 aromatic rings. The van der Waals surface area contributed by atoms with E-state index in [1.54, 1.807) is 18.2 Å². The minimum Gasteiger partial charge on any atom is -0.460 e. The molecule has 0 aliphatic carbocycles. The van der Waals surface area contributed by atoms with Crippen molar-refractivity contribution in [1.29, 1.82) is 0 Å². The van der Waals surface area contributed by atoms with Crippen LogP contribution in [0.25, 0.3) is 11.3 Å². The van der Waals surface area contributed by atoms with Gasteiger partial charge in [0.15, 0.2) is 0 Å². The predicted octanol–water partition coefficient (Wildman–Crippen LogP) is 5.82. The predicted molar refractivity (Wildman–Crippen MR) is 90.8 cm³/mol. The number of halogens is 3. The molecule has 2 aromatic carbocycles. The molecule has 0 saturated heterocycles. The van der Waals surface area contributed by atoms with E-state index in [-0.39, 0.29) is 6.04 Å². The van der Waals surface area contributed by atoms with Gasteiger partial charge >= 0.3 is 6.18 Å². The van der Waals surface area contributed by atoms with E-state index in [1.807, 2.05) is 37.3 Å². The smallest absolute Gasteiger partial charge is 0.416 e. The summed E-state index contributed by atoms with van der Waals surface area (Å²) >= 11 is 0. The Morgan fingerprint density at radius 1 is 0.960 bits per heavy atom. The quantitative estimate of drug-likeness (QED) is 0.631. The molecule has 0 bridgehead atoms. The molecule has 0 aliphatic rings. The number of benzene rings is 2. The first-order valence-corrected chi connectivity index (χ1v) is 7.98. The van der Waals surface area contributed by atoms with Crippen LogP contribution < -0.4 is 5.32 Å². The van der Waals surface area contributed by atoms with Crippen molar-refractivity contribution in [2.45, 2.75) is 25.7 Å². The molecule has 0 aliphatic heterocycles. The van der Waals surface area contributed by atoms with Gasteiger partial charge in [-0.3, -0.25) is 0 Å². The van der Waals surface area contributed by atoms with Crippen LogP contribution in [-0.2, 0) is 12.7 Å². The maximum Gasteiger partial charge on any atom is 0.416 e. The minimum absolute atomic E-state index is 0.142. The number of furan rings is 1. The van der Waals surface area contributed by atoms with E-state index in [4.69, 9.17) is 4.42 Å². The van der Waals surface area contributed by atoms with Crippen LogP contribution in [0.3, 0.4) is 0 Å². The summed E-state index contributed by atoms with van der Waals surface area (Å²) in [5, 5.41) is 3.34. The maximum atomic E-state index is 12.8. The molecular weight excluding hydrogens is 327 g/mol. The fourth-order valence-electron chi connectivity index (χ4n) is 2.59. The lowest BCUT2D eigenvalue weighted by Crippen LogP contribution is -2.17. The van der Waals surface area contributed by atoms with Crippen LogP contribution in [0.5, 0.6) is 0 Å². The maximum absolute atomic E-state index is 12.8. The fraction of sp³-hybridized carbons (Fsp3) is 0.200. The highest BCUT2D eigenvalue weighted by molar-refractivity contribution is 5.58. The van der Waals surface area contributed by atoms with E-state index in [2.05, 4.69) is 5.32 Å². The highest BCUT2D eigenvalue weighted by Gasteiger charge is 2.30. The molecule has 25 heavy (non-hydrogen) atoms. The van der Waals surface area contributed by atoms with E-state index in [9.17, 15) is 13.2 Å². The van der Waals surface area contributed by atoms with E-state index >= 15 is 0 Å². The van der Waals surface area contributed by atoms with Gasteiger partial charge in [0.25, 0.3) is 0 Å². The van der Waals surface area contributed by atoms with Crippen molar-refractivity contribution in [2.24, 2.45) is 0 Å². The van der Waals surface area contributed by atoms with Gasteiger partial charge < -0.3 is 9.73 Å². The van der Waals surface area contributed by atoms with E-state index in [0.717, 1.165) is 17.7 Å². The van der Waals surface area contributed by atoms with Crippen LogP contribution in [0, 0.1) is 0 Å². The first kappa shape index (κ1) is 17.3. The molecule has 0 unspecified atom stereocenters. The Bertz CT molecular complexity index is 824. The van der Waals surface area contributed by atoms with Crippen molar-refractivity contribution in [3.8, 4) is 11.3 Å². The van der Waals surface area contributed by atoms with Gasteiger partial charge in [0.2, 0.25) is 0 Å². The summed E-state index contributed by atoms with van der Waals surface area (Å²) in [6, 6.07) is 18.8. The summed E-state index contributed by atoms with van der Waals surface area (Å²) in [5.74, 6) is 1.10. The van der Waals surface area contributed by atoms with Crippen molar-refractivity contribution in [3.63, 3.8) is 0 Å². The van der Waals surface area contributed by atoms with Gasteiger partial charge in [-0.05, 0) is 36.8 Å². The Kier molecular flexibility index (Phi) is 4.95. The zero-order valence-corrected chi connectivity index (χ0v) is 13.7. The molecule has 0 saturated carbocycles. The number of hydrogen-bond acceptors (Lipinski definition) is 2. The zero-order chi connectivity index (χ0) is 17.9. The van der Waals surface area contributed by atoms with E-state index in [1.165, 1.54) is 6.07 Å². The molecule has 1 atom stereocenters. The molecule has 5 heteroatoms. The van der Waals surface area contributed by atoms with Gasteiger partial charge in [-0.2, -0.15) is 13.2 Å². The summed E-state index contributed by atoms with van der Waals surface area (Å²) in [4.78, 5) is 0. The molecule has 2 nitrogen and oxygen atoms in total. The van der Waals surface area contributed by atoms with Gasteiger partial charge in [-0.15, -0.1) is 0 Å². The Balaban J connectivity index is 1.69.